The number of hydrogen-bond acceptors (Lipinski definition) is 1. The molecule has 5 heterocycles. The molecule has 1 spiro atoms. The average Bonchev–Trinajstić information content (AvgIpc) is 4.11. The second-order valence-corrected chi connectivity index (χ2v) is 26.1. The van der Waals surface area contributed by atoms with E-state index in [2.05, 4.69) is 267 Å². The second kappa shape index (κ2) is 15.6. The van der Waals surface area contributed by atoms with E-state index in [-0.39, 0.29) is 0 Å². The summed E-state index contributed by atoms with van der Waals surface area (Å²) in [4.78, 5) is 0. The molecule has 0 saturated heterocycles. The van der Waals surface area contributed by atoms with Crippen LogP contribution in [0.15, 0.2) is 217 Å². The molecule has 0 saturated carbocycles. The molecule has 9 aromatic carbocycles. The maximum absolute atomic E-state index is 7.66. The Labute approximate surface area is 421 Å². The van der Waals surface area contributed by atoms with E-state index in [1.165, 1.54) is 61.0 Å². The number of para-hydroxylation sites is 2. The highest BCUT2D eigenvalue weighted by Gasteiger charge is 2.67. The van der Waals surface area contributed by atoms with Crippen LogP contribution < -0.4 is 14.3 Å². The number of aromatic nitrogens is 3. The molecule has 72 heavy (non-hydrogen) atoms. The van der Waals surface area contributed by atoms with E-state index in [1.54, 1.807) is 0 Å². The van der Waals surface area contributed by atoms with E-state index in [4.69, 9.17) is 4.42 Å². The van der Waals surface area contributed by atoms with Crippen molar-refractivity contribution in [2.45, 2.75) is 46.1 Å². The van der Waals surface area contributed by atoms with Gasteiger partial charge < -0.3 is 4.42 Å². The van der Waals surface area contributed by atoms with Crippen molar-refractivity contribution in [2.75, 3.05) is 0 Å². The lowest BCUT2D eigenvalue weighted by Crippen LogP contribution is -2.72. The monoisotopic (exact) mass is 943 g/mol. The highest BCUT2D eigenvalue weighted by Crippen LogP contribution is 2.55. The van der Waals surface area contributed by atoms with E-state index < -0.39 is 13.7 Å². The summed E-state index contributed by atoms with van der Waals surface area (Å²) in [6.45, 7) is 14.2. The SMILES string of the molecule is Cc1ccc2c(c1)-c1cc(C)c([Si](C)(C)C)c[n+]1C21c2cc(-c3ccccc3)c3c(oc4cc(-c5ccccc5C)ccc43)c2-c2n(-c3ccc(-c4ccccc4)cc3-c3ccccc3)c3ccccc3[n+]21. The number of imidazole rings is 1. The third kappa shape index (κ3) is 5.98. The van der Waals surface area contributed by atoms with Crippen LogP contribution in [0.5, 0.6) is 0 Å². The molecular formula is C67H53N3OSi+2. The summed E-state index contributed by atoms with van der Waals surface area (Å²) in [6.07, 6.45) is 2.55. The van der Waals surface area contributed by atoms with Gasteiger partial charge in [-0.15, -0.1) is 9.13 Å². The first kappa shape index (κ1) is 42.5. The Kier molecular flexibility index (Phi) is 9.18. The first-order valence-electron chi connectivity index (χ1n) is 25.2. The number of rotatable bonds is 6. The molecule has 5 heteroatoms. The largest absolute Gasteiger partial charge is 0.455 e. The van der Waals surface area contributed by atoms with Crippen LogP contribution in [0.3, 0.4) is 0 Å². The van der Waals surface area contributed by atoms with Crippen molar-refractivity contribution in [2.24, 2.45) is 0 Å². The topological polar surface area (TPSA) is 25.8 Å². The van der Waals surface area contributed by atoms with Crippen LogP contribution in [0, 0.1) is 20.8 Å². The molecule has 2 aliphatic heterocycles. The van der Waals surface area contributed by atoms with Crippen molar-refractivity contribution in [3.05, 3.63) is 240 Å². The molecule has 2 aliphatic rings. The lowest BCUT2D eigenvalue weighted by molar-refractivity contribution is -0.944. The highest BCUT2D eigenvalue weighted by molar-refractivity contribution is 6.89. The summed E-state index contributed by atoms with van der Waals surface area (Å²) in [7, 11) is -1.89. The van der Waals surface area contributed by atoms with E-state index in [9.17, 15) is 0 Å². The fourth-order valence-electron chi connectivity index (χ4n) is 12.6. The molecule has 0 radical (unpaired) electrons. The normalized spacial score (nSPS) is 14.6. The molecule has 3 aromatic heterocycles. The molecule has 0 N–H and O–H groups in total. The van der Waals surface area contributed by atoms with Crippen LogP contribution >= 0.6 is 0 Å². The van der Waals surface area contributed by atoms with Crippen LogP contribution in [0.1, 0.15) is 27.8 Å². The third-order valence-corrected chi connectivity index (χ3v) is 17.8. The smallest absolute Gasteiger partial charge is 0.364 e. The minimum Gasteiger partial charge on any atom is -0.455 e. The predicted octanol–water partition coefficient (Wildman–Crippen LogP) is 15.5. The summed E-state index contributed by atoms with van der Waals surface area (Å²) in [6, 6.07) is 76.5. The lowest BCUT2D eigenvalue weighted by Gasteiger charge is -2.24. The number of benzene rings is 9. The Morgan fingerprint density at radius 2 is 1.17 bits per heavy atom. The summed E-state index contributed by atoms with van der Waals surface area (Å²) in [5.74, 6) is 1.08. The maximum Gasteiger partial charge on any atom is 0.364 e. The zero-order valence-electron chi connectivity index (χ0n) is 41.5. The molecule has 0 aliphatic carbocycles. The summed E-state index contributed by atoms with van der Waals surface area (Å²) < 4.78 is 15.6. The van der Waals surface area contributed by atoms with Gasteiger partial charge in [0.2, 0.25) is 5.69 Å². The quantitative estimate of drug-likeness (QED) is 0.120. The summed E-state index contributed by atoms with van der Waals surface area (Å²) in [5.41, 5.74) is 23.5. The van der Waals surface area contributed by atoms with E-state index in [0.29, 0.717) is 0 Å². The van der Waals surface area contributed by atoms with Gasteiger partial charge in [-0.25, -0.2) is 0 Å². The predicted molar refractivity (Wildman–Crippen MR) is 299 cm³/mol. The summed E-state index contributed by atoms with van der Waals surface area (Å²) >= 11 is 0. The van der Waals surface area contributed by atoms with E-state index >= 15 is 0 Å². The first-order valence-corrected chi connectivity index (χ1v) is 28.7. The van der Waals surface area contributed by atoms with Crippen molar-refractivity contribution in [1.29, 1.82) is 0 Å². The molecule has 1 unspecified atom stereocenters. The Balaban J connectivity index is 1.21. The standard InChI is InChI=1S/C67H53N3OSi/c1-42-30-34-55-54(36-42)60-37-44(3)62(72(4,5)6)41-68(60)67(55)56-40-53(47-25-14-9-15-26-47)63-51-33-31-49(50-27-17-16-20-43(50)2)39-61(51)71-65(63)64(56)66-69(58-28-18-19-29-59(58)70(66)67)57-35-32-48(45-21-10-7-11-22-45)38-52(57)46-23-12-8-13-24-46/h7-41H,1-6H3/q+2. The van der Waals surface area contributed by atoms with Crippen molar-refractivity contribution < 1.29 is 13.6 Å². The van der Waals surface area contributed by atoms with Crippen molar-refractivity contribution in [3.63, 3.8) is 0 Å². The zero-order chi connectivity index (χ0) is 48.6. The number of hydrogen-bond donors (Lipinski definition) is 0. The van der Waals surface area contributed by atoms with Crippen molar-refractivity contribution >= 4 is 46.2 Å². The van der Waals surface area contributed by atoms with E-state index in [0.717, 1.165) is 77.9 Å². The molecule has 12 aromatic rings. The first-order chi connectivity index (χ1) is 35.1. The van der Waals surface area contributed by atoms with Crippen LogP contribution in [0.2, 0.25) is 19.6 Å². The molecule has 0 bridgehead atoms. The van der Waals surface area contributed by atoms with Gasteiger partial charge in [0.15, 0.2) is 22.8 Å². The van der Waals surface area contributed by atoms with Gasteiger partial charge in [0.05, 0.1) is 24.8 Å². The summed E-state index contributed by atoms with van der Waals surface area (Å²) in [5, 5.41) is 3.67. The number of nitrogens with zero attached hydrogens (tertiary/aromatic N) is 3. The van der Waals surface area contributed by atoms with Gasteiger partial charge >= 0.3 is 11.5 Å². The van der Waals surface area contributed by atoms with Crippen LogP contribution in [-0.2, 0) is 5.66 Å². The molecular weight excluding hydrogens is 891 g/mol. The molecule has 4 nitrogen and oxygen atoms in total. The second-order valence-electron chi connectivity index (χ2n) is 21.1. The van der Waals surface area contributed by atoms with Crippen molar-refractivity contribution in [1.82, 2.24) is 4.57 Å². The zero-order valence-corrected chi connectivity index (χ0v) is 42.5. The maximum atomic E-state index is 7.66. The van der Waals surface area contributed by atoms with Crippen LogP contribution in [0.4, 0.5) is 0 Å². The molecule has 344 valence electrons. The minimum absolute atomic E-state index is 0.851. The van der Waals surface area contributed by atoms with Crippen LogP contribution in [0.25, 0.3) is 106 Å². The van der Waals surface area contributed by atoms with Gasteiger partial charge in [-0.2, -0.15) is 4.57 Å². The Morgan fingerprint density at radius 3 is 1.90 bits per heavy atom. The highest BCUT2D eigenvalue weighted by atomic mass is 28.3. The average molecular weight is 944 g/mol. The number of aryl methyl sites for hydroxylation is 3. The molecule has 1 atom stereocenters. The lowest BCUT2D eigenvalue weighted by atomic mass is 9.85. The van der Waals surface area contributed by atoms with Gasteiger partial charge in [0.1, 0.15) is 16.8 Å². The van der Waals surface area contributed by atoms with Gasteiger partial charge in [-0.3, -0.25) is 0 Å². The van der Waals surface area contributed by atoms with Gasteiger partial charge in [0, 0.05) is 27.6 Å². The fourth-order valence-corrected chi connectivity index (χ4v) is 14.3. The Bertz CT molecular complexity index is 4220. The third-order valence-electron chi connectivity index (χ3n) is 15.7. The van der Waals surface area contributed by atoms with Crippen LogP contribution in [-0.4, -0.2) is 12.6 Å². The Morgan fingerprint density at radius 1 is 0.500 bits per heavy atom. The fraction of sp³-hybridized carbons (Fsp3) is 0.104. The molecule has 0 amide bonds. The van der Waals surface area contributed by atoms with Gasteiger partial charge in [-0.1, -0.05) is 171 Å². The number of pyridine rings is 1. The number of fused-ring (bicyclic) bond motifs is 16. The Hall–Kier alpha value is -8.38. The van der Waals surface area contributed by atoms with Gasteiger partial charge in [0.25, 0.3) is 0 Å². The molecule has 14 rings (SSSR count). The number of furan rings is 1. The van der Waals surface area contributed by atoms with Crippen molar-refractivity contribution in [3.8, 4) is 72.8 Å². The minimum atomic E-state index is -1.89. The van der Waals surface area contributed by atoms with E-state index in [1.807, 2.05) is 0 Å². The van der Waals surface area contributed by atoms with Gasteiger partial charge in [-0.05, 0) is 125 Å². The molecule has 0 fully saturated rings.